The average Bonchev–Trinajstić information content (AvgIpc) is 2.81. The van der Waals surface area contributed by atoms with Gasteiger partial charge >= 0.3 is 0 Å². The van der Waals surface area contributed by atoms with E-state index in [9.17, 15) is 5.11 Å². The van der Waals surface area contributed by atoms with E-state index in [0.717, 1.165) is 25.1 Å². The lowest BCUT2D eigenvalue weighted by Crippen LogP contribution is -2.38. The van der Waals surface area contributed by atoms with Crippen LogP contribution in [-0.4, -0.2) is 30.4 Å². The van der Waals surface area contributed by atoms with Gasteiger partial charge in [-0.05, 0) is 31.5 Å². The van der Waals surface area contributed by atoms with Gasteiger partial charge < -0.3 is 15.2 Å². The molecule has 1 heterocycles. The highest BCUT2D eigenvalue weighted by Gasteiger charge is 2.22. The molecule has 1 saturated heterocycles. The van der Waals surface area contributed by atoms with Crippen molar-refractivity contribution in [2.45, 2.75) is 25.0 Å². The molecule has 2 rings (SSSR count). The number of aliphatic hydroxyl groups is 1. The van der Waals surface area contributed by atoms with Crippen LogP contribution in [0.3, 0.4) is 0 Å². The lowest BCUT2D eigenvalue weighted by atomic mass is 10.1. The van der Waals surface area contributed by atoms with Crippen LogP contribution in [-0.2, 0) is 0 Å². The van der Waals surface area contributed by atoms with Crippen molar-refractivity contribution >= 4 is 0 Å². The van der Waals surface area contributed by atoms with Crippen molar-refractivity contribution in [3.63, 3.8) is 0 Å². The number of para-hydroxylation sites is 1. The molecule has 0 saturated carbocycles. The molecule has 1 aromatic carbocycles. The Morgan fingerprint density at radius 1 is 1.40 bits per heavy atom. The Balaban J connectivity index is 1.77. The minimum atomic E-state index is -0.410. The second kappa shape index (κ2) is 5.14. The first-order valence-corrected chi connectivity index (χ1v) is 5.45. The molecule has 0 radical (unpaired) electrons. The zero-order valence-electron chi connectivity index (χ0n) is 8.73. The Labute approximate surface area is 90.1 Å². The molecule has 0 bridgehead atoms. The Hall–Kier alpha value is -1.06. The molecule has 1 aromatic rings. The summed E-state index contributed by atoms with van der Waals surface area (Å²) in [6, 6.07) is 9.80. The van der Waals surface area contributed by atoms with Crippen LogP contribution >= 0.6 is 0 Å². The van der Waals surface area contributed by atoms with Gasteiger partial charge in [0.05, 0.1) is 0 Å². The van der Waals surface area contributed by atoms with E-state index in [0.29, 0.717) is 6.61 Å². The van der Waals surface area contributed by atoms with E-state index in [1.54, 1.807) is 0 Å². The number of ether oxygens (including phenoxy) is 1. The third-order valence-corrected chi connectivity index (χ3v) is 2.73. The van der Waals surface area contributed by atoms with Gasteiger partial charge in [0.1, 0.15) is 18.5 Å². The molecule has 1 aliphatic rings. The fourth-order valence-corrected chi connectivity index (χ4v) is 1.85. The predicted molar refractivity (Wildman–Crippen MR) is 59.0 cm³/mol. The normalized spacial score (nSPS) is 22.6. The second-order valence-corrected chi connectivity index (χ2v) is 3.89. The van der Waals surface area contributed by atoms with Crippen molar-refractivity contribution in [3.8, 4) is 5.75 Å². The van der Waals surface area contributed by atoms with Gasteiger partial charge in [-0.2, -0.15) is 0 Å². The van der Waals surface area contributed by atoms with Crippen LogP contribution in [0.15, 0.2) is 30.3 Å². The van der Waals surface area contributed by atoms with Crippen molar-refractivity contribution < 1.29 is 9.84 Å². The standard InChI is InChI=1S/C12H17NO2/c14-12(11-7-4-8-13-11)9-15-10-5-2-1-3-6-10/h1-3,5-6,11-14H,4,7-9H2. The van der Waals surface area contributed by atoms with E-state index in [2.05, 4.69) is 5.32 Å². The molecule has 0 aliphatic carbocycles. The summed E-state index contributed by atoms with van der Waals surface area (Å²) in [7, 11) is 0. The fourth-order valence-electron chi connectivity index (χ4n) is 1.85. The molecule has 2 N–H and O–H groups in total. The quantitative estimate of drug-likeness (QED) is 0.779. The number of rotatable bonds is 4. The van der Waals surface area contributed by atoms with Crippen molar-refractivity contribution in [2.75, 3.05) is 13.2 Å². The van der Waals surface area contributed by atoms with Gasteiger partial charge in [-0.3, -0.25) is 0 Å². The van der Waals surface area contributed by atoms with E-state index in [4.69, 9.17) is 4.74 Å². The largest absolute Gasteiger partial charge is 0.491 e. The summed E-state index contributed by atoms with van der Waals surface area (Å²) in [6.07, 6.45) is 1.78. The van der Waals surface area contributed by atoms with Gasteiger partial charge in [-0.1, -0.05) is 18.2 Å². The van der Waals surface area contributed by atoms with Crippen molar-refractivity contribution in [3.05, 3.63) is 30.3 Å². The minimum absolute atomic E-state index is 0.203. The predicted octanol–water partition coefficient (Wildman–Crippen LogP) is 1.18. The van der Waals surface area contributed by atoms with E-state index in [1.807, 2.05) is 30.3 Å². The van der Waals surface area contributed by atoms with Crippen LogP contribution in [0, 0.1) is 0 Å². The van der Waals surface area contributed by atoms with E-state index in [1.165, 1.54) is 0 Å². The van der Waals surface area contributed by atoms with Gasteiger partial charge in [-0.15, -0.1) is 0 Å². The molecular weight excluding hydrogens is 190 g/mol. The topological polar surface area (TPSA) is 41.5 Å². The Morgan fingerprint density at radius 3 is 2.87 bits per heavy atom. The highest BCUT2D eigenvalue weighted by molar-refractivity contribution is 5.20. The SMILES string of the molecule is OC(COc1ccccc1)C1CCCN1. The van der Waals surface area contributed by atoms with Gasteiger partial charge in [-0.25, -0.2) is 0 Å². The van der Waals surface area contributed by atoms with E-state index < -0.39 is 6.10 Å². The molecule has 1 aliphatic heterocycles. The van der Waals surface area contributed by atoms with E-state index in [-0.39, 0.29) is 6.04 Å². The van der Waals surface area contributed by atoms with Crippen molar-refractivity contribution in [2.24, 2.45) is 0 Å². The third-order valence-electron chi connectivity index (χ3n) is 2.73. The molecule has 15 heavy (non-hydrogen) atoms. The number of nitrogens with one attached hydrogen (secondary N) is 1. The smallest absolute Gasteiger partial charge is 0.119 e. The van der Waals surface area contributed by atoms with Gasteiger partial charge in [0.15, 0.2) is 0 Å². The molecule has 0 spiro atoms. The zero-order chi connectivity index (χ0) is 10.5. The molecular formula is C12H17NO2. The number of hydrogen-bond donors (Lipinski definition) is 2. The van der Waals surface area contributed by atoms with Crippen LogP contribution in [0.4, 0.5) is 0 Å². The zero-order valence-corrected chi connectivity index (χ0v) is 8.73. The first kappa shape index (κ1) is 10.5. The maximum atomic E-state index is 9.82. The Morgan fingerprint density at radius 2 is 2.20 bits per heavy atom. The maximum absolute atomic E-state index is 9.82. The van der Waals surface area contributed by atoms with Gasteiger partial charge in [0.25, 0.3) is 0 Å². The number of aliphatic hydroxyl groups excluding tert-OH is 1. The second-order valence-electron chi connectivity index (χ2n) is 3.89. The van der Waals surface area contributed by atoms with Crippen molar-refractivity contribution in [1.29, 1.82) is 0 Å². The minimum Gasteiger partial charge on any atom is -0.491 e. The van der Waals surface area contributed by atoms with Crippen LogP contribution < -0.4 is 10.1 Å². The summed E-state index contributed by atoms with van der Waals surface area (Å²) in [5.41, 5.74) is 0. The molecule has 1 fully saturated rings. The first-order chi connectivity index (χ1) is 7.36. The van der Waals surface area contributed by atoms with Crippen LogP contribution in [0.2, 0.25) is 0 Å². The van der Waals surface area contributed by atoms with Gasteiger partial charge in [0.2, 0.25) is 0 Å². The Bertz CT molecular complexity index is 283. The van der Waals surface area contributed by atoms with Crippen LogP contribution in [0.5, 0.6) is 5.75 Å². The van der Waals surface area contributed by atoms with Crippen LogP contribution in [0.1, 0.15) is 12.8 Å². The molecule has 2 atom stereocenters. The summed E-state index contributed by atoms with van der Waals surface area (Å²) < 4.78 is 5.49. The highest BCUT2D eigenvalue weighted by Crippen LogP contribution is 2.12. The fraction of sp³-hybridized carbons (Fsp3) is 0.500. The first-order valence-electron chi connectivity index (χ1n) is 5.45. The summed E-state index contributed by atoms with van der Waals surface area (Å²) >= 11 is 0. The lowest BCUT2D eigenvalue weighted by molar-refractivity contribution is 0.0792. The number of hydrogen-bond acceptors (Lipinski definition) is 3. The summed E-state index contributed by atoms with van der Waals surface area (Å²) in [6.45, 7) is 1.37. The highest BCUT2D eigenvalue weighted by atomic mass is 16.5. The third kappa shape index (κ3) is 2.94. The summed E-state index contributed by atoms with van der Waals surface area (Å²) in [4.78, 5) is 0. The molecule has 3 heteroatoms. The molecule has 82 valence electrons. The van der Waals surface area contributed by atoms with Crippen molar-refractivity contribution in [1.82, 2.24) is 5.32 Å². The lowest BCUT2D eigenvalue weighted by Gasteiger charge is -2.18. The molecule has 2 unspecified atom stereocenters. The molecule has 0 amide bonds. The average molecular weight is 207 g/mol. The van der Waals surface area contributed by atoms with Gasteiger partial charge in [0, 0.05) is 6.04 Å². The monoisotopic (exact) mass is 207 g/mol. The molecule has 3 nitrogen and oxygen atoms in total. The Kier molecular flexibility index (Phi) is 3.59. The van der Waals surface area contributed by atoms with Crippen LogP contribution in [0.25, 0.3) is 0 Å². The summed E-state index contributed by atoms with van der Waals surface area (Å²) in [5, 5.41) is 13.1. The molecule has 0 aromatic heterocycles. The maximum Gasteiger partial charge on any atom is 0.119 e. The van der Waals surface area contributed by atoms with E-state index >= 15 is 0 Å². The summed E-state index contributed by atoms with van der Waals surface area (Å²) in [5.74, 6) is 0.814. The number of benzene rings is 1.